The summed E-state index contributed by atoms with van der Waals surface area (Å²) < 4.78 is 33.3. The van der Waals surface area contributed by atoms with Gasteiger partial charge in [-0.05, 0) is 25.0 Å². The van der Waals surface area contributed by atoms with E-state index >= 15 is 0 Å². The fourth-order valence-electron chi connectivity index (χ4n) is 2.43. The van der Waals surface area contributed by atoms with Gasteiger partial charge in [-0.15, -0.1) is 0 Å². The molecule has 114 valence electrons. The van der Waals surface area contributed by atoms with Crippen molar-refractivity contribution in [3.05, 3.63) is 24.0 Å². The Morgan fingerprint density at radius 2 is 2.14 bits per heavy atom. The first kappa shape index (κ1) is 14.3. The van der Waals surface area contributed by atoms with Crippen LogP contribution in [0.5, 0.6) is 5.75 Å². The van der Waals surface area contributed by atoms with Crippen molar-refractivity contribution < 1.29 is 13.2 Å². The minimum absolute atomic E-state index is 0.149. The SMILES string of the molecule is COc1ccc2nc(CNS(=O)(=O)N3CCCC3)[nH]c2c1. The van der Waals surface area contributed by atoms with Crippen LogP contribution in [0.25, 0.3) is 11.0 Å². The fraction of sp³-hybridized carbons (Fsp3) is 0.462. The van der Waals surface area contributed by atoms with Gasteiger partial charge in [-0.1, -0.05) is 0 Å². The summed E-state index contributed by atoms with van der Waals surface area (Å²) in [6.07, 6.45) is 1.84. The van der Waals surface area contributed by atoms with Gasteiger partial charge in [-0.25, -0.2) is 4.98 Å². The number of nitrogens with zero attached hydrogens (tertiary/aromatic N) is 2. The molecule has 1 fully saturated rings. The number of fused-ring (bicyclic) bond motifs is 1. The summed E-state index contributed by atoms with van der Waals surface area (Å²) in [5.41, 5.74) is 1.61. The van der Waals surface area contributed by atoms with Crippen LogP contribution in [0, 0.1) is 0 Å². The van der Waals surface area contributed by atoms with Crippen LogP contribution in [0.15, 0.2) is 18.2 Å². The second-order valence-electron chi connectivity index (χ2n) is 5.00. The van der Waals surface area contributed by atoms with E-state index in [0.717, 1.165) is 29.6 Å². The van der Waals surface area contributed by atoms with Crippen molar-refractivity contribution in [2.75, 3.05) is 20.2 Å². The Morgan fingerprint density at radius 3 is 2.86 bits per heavy atom. The third kappa shape index (κ3) is 3.02. The van der Waals surface area contributed by atoms with E-state index in [9.17, 15) is 8.42 Å². The predicted molar refractivity (Wildman–Crippen MR) is 79.2 cm³/mol. The van der Waals surface area contributed by atoms with Crippen LogP contribution in [0.4, 0.5) is 0 Å². The minimum Gasteiger partial charge on any atom is -0.497 e. The minimum atomic E-state index is -3.41. The smallest absolute Gasteiger partial charge is 0.279 e. The lowest BCUT2D eigenvalue weighted by atomic mass is 10.3. The van der Waals surface area contributed by atoms with Gasteiger partial charge in [-0.3, -0.25) is 0 Å². The Bertz CT molecular complexity index is 735. The van der Waals surface area contributed by atoms with Gasteiger partial charge in [0.25, 0.3) is 10.2 Å². The predicted octanol–water partition coefficient (Wildman–Crippen LogP) is 1.00. The Kier molecular flexibility index (Phi) is 3.83. The van der Waals surface area contributed by atoms with Gasteiger partial charge in [0.1, 0.15) is 11.6 Å². The highest BCUT2D eigenvalue weighted by atomic mass is 32.2. The number of ether oxygens (including phenoxy) is 1. The normalized spacial score (nSPS) is 16.6. The van der Waals surface area contributed by atoms with E-state index in [0.29, 0.717) is 18.9 Å². The molecule has 1 aliphatic rings. The van der Waals surface area contributed by atoms with Gasteiger partial charge >= 0.3 is 0 Å². The summed E-state index contributed by atoms with van der Waals surface area (Å²) in [4.78, 5) is 7.46. The van der Waals surface area contributed by atoms with E-state index < -0.39 is 10.2 Å². The van der Waals surface area contributed by atoms with Crippen molar-refractivity contribution in [2.24, 2.45) is 0 Å². The molecule has 1 aromatic carbocycles. The van der Waals surface area contributed by atoms with Crippen molar-refractivity contribution in [1.82, 2.24) is 19.0 Å². The van der Waals surface area contributed by atoms with Gasteiger partial charge in [0.05, 0.1) is 24.7 Å². The molecule has 1 aliphatic heterocycles. The van der Waals surface area contributed by atoms with Crippen molar-refractivity contribution >= 4 is 21.2 Å². The van der Waals surface area contributed by atoms with Crippen LogP contribution < -0.4 is 9.46 Å². The van der Waals surface area contributed by atoms with Gasteiger partial charge < -0.3 is 9.72 Å². The standard InChI is InChI=1S/C13H18N4O3S/c1-20-10-4-5-11-12(8-10)16-13(15-11)9-14-21(18,19)17-6-2-3-7-17/h4-5,8,14H,2-3,6-7,9H2,1H3,(H,15,16). The highest BCUT2D eigenvalue weighted by molar-refractivity contribution is 7.87. The first-order chi connectivity index (χ1) is 10.1. The monoisotopic (exact) mass is 310 g/mol. The first-order valence-corrected chi connectivity index (χ1v) is 8.30. The zero-order chi connectivity index (χ0) is 14.9. The summed E-state index contributed by atoms with van der Waals surface area (Å²) in [5, 5.41) is 0. The largest absolute Gasteiger partial charge is 0.497 e. The van der Waals surface area contributed by atoms with E-state index in [1.54, 1.807) is 7.11 Å². The molecule has 0 unspecified atom stereocenters. The second kappa shape index (κ2) is 5.63. The molecule has 2 N–H and O–H groups in total. The molecule has 0 atom stereocenters. The summed E-state index contributed by atoms with van der Waals surface area (Å²) >= 11 is 0. The van der Waals surface area contributed by atoms with E-state index in [4.69, 9.17) is 4.74 Å². The molecule has 7 nitrogen and oxygen atoms in total. The quantitative estimate of drug-likeness (QED) is 0.862. The number of aromatic nitrogens is 2. The summed E-state index contributed by atoms with van der Waals surface area (Å²) in [7, 11) is -1.81. The number of hydrogen-bond acceptors (Lipinski definition) is 4. The number of imidazole rings is 1. The number of rotatable bonds is 5. The molecular formula is C13H18N4O3S. The Balaban J connectivity index is 1.73. The zero-order valence-electron chi connectivity index (χ0n) is 11.8. The number of aromatic amines is 1. The van der Waals surface area contributed by atoms with Gasteiger partial charge in [0.2, 0.25) is 0 Å². The molecule has 21 heavy (non-hydrogen) atoms. The van der Waals surface area contributed by atoms with Crippen molar-refractivity contribution in [1.29, 1.82) is 0 Å². The Morgan fingerprint density at radius 1 is 1.38 bits per heavy atom. The van der Waals surface area contributed by atoms with Crippen molar-refractivity contribution in [2.45, 2.75) is 19.4 Å². The number of hydrogen-bond donors (Lipinski definition) is 2. The maximum atomic E-state index is 12.1. The molecule has 1 aromatic heterocycles. The number of H-pyrrole nitrogens is 1. The number of nitrogens with one attached hydrogen (secondary N) is 2. The molecule has 8 heteroatoms. The van der Waals surface area contributed by atoms with Crippen LogP contribution in [0.3, 0.4) is 0 Å². The summed E-state index contributed by atoms with van der Waals surface area (Å²) in [5.74, 6) is 1.32. The fourth-order valence-corrected chi connectivity index (χ4v) is 3.67. The number of benzene rings is 1. The summed E-state index contributed by atoms with van der Waals surface area (Å²) in [6.45, 7) is 1.33. The molecule has 2 heterocycles. The molecule has 0 radical (unpaired) electrons. The lowest BCUT2D eigenvalue weighted by Gasteiger charge is -2.15. The van der Waals surface area contributed by atoms with E-state index in [1.807, 2.05) is 18.2 Å². The number of methoxy groups -OCH3 is 1. The first-order valence-electron chi connectivity index (χ1n) is 6.86. The molecule has 0 bridgehead atoms. The van der Waals surface area contributed by atoms with Crippen molar-refractivity contribution in [3.63, 3.8) is 0 Å². The Labute approximate surface area is 123 Å². The maximum Gasteiger partial charge on any atom is 0.279 e. The molecule has 2 aromatic rings. The maximum absolute atomic E-state index is 12.1. The topological polar surface area (TPSA) is 87.3 Å². The molecule has 0 saturated carbocycles. The summed E-state index contributed by atoms with van der Waals surface area (Å²) in [6, 6.07) is 5.49. The van der Waals surface area contributed by atoms with E-state index in [-0.39, 0.29) is 6.54 Å². The third-order valence-corrected chi connectivity index (χ3v) is 5.12. The highest BCUT2D eigenvalue weighted by Gasteiger charge is 2.24. The lowest BCUT2D eigenvalue weighted by Crippen LogP contribution is -2.38. The molecular weight excluding hydrogens is 292 g/mol. The van der Waals surface area contributed by atoms with Crippen LogP contribution >= 0.6 is 0 Å². The zero-order valence-corrected chi connectivity index (χ0v) is 12.6. The average molecular weight is 310 g/mol. The van der Waals surface area contributed by atoms with Gasteiger partial charge in [-0.2, -0.15) is 17.4 Å². The van der Waals surface area contributed by atoms with Crippen LogP contribution in [0.2, 0.25) is 0 Å². The van der Waals surface area contributed by atoms with E-state index in [2.05, 4.69) is 14.7 Å². The molecule has 1 saturated heterocycles. The van der Waals surface area contributed by atoms with Crippen LogP contribution in [-0.2, 0) is 16.8 Å². The molecule has 0 aliphatic carbocycles. The van der Waals surface area contributed by atoms with Gasteiger partial charge in [0, 0.05) is 19.2 Å². The average Bonchev–Trinajstić information content (AvgIpc) is 3.13. The van der Waals surface area contributed by atoms with Crippen LogP contribution in [-0.4, -0.2) is 42.9 Å². The second-order valence-corrected chi connectivity index (χ2v) is 6.75. The molecule has 3 rings (SSSR count). The molecule has 0 amide bonds. The van der Waals surface area contributed by atoms with E-state index in [1.165, 1.54) is 4.31 Å². The third-order valence-electron chi connectivity index (χ3n) is 3.57. The lowest BCUT2D eigenvalue weighted by molar-refractivity contribution is 0.415. The Hall–Kier alpha value is -1.64. The van der Waals surface area contributed by atoms with Crippen molar-refractivity contribution in [3.8, 4) is 5.75 Å². The highest BCUT2D eigenvalue weighted by Crippen LogP contribution is 2.19. The molecule has 0 spiro atoms. The van der Waals surface area contributed by atoms with Crippen LogP contribution in [0.1, 0.15) is 18.7 Å². The van der Waals surface area contributed by atoms with Gasteiger partial charge in [0.15, 0.2) is 0 Å².